The maximum absolute atomic E-state index is 11.9. The minimum atomic E-state index is -0.528. The Hall–Kier alpha value is -1.97. The number of carbonyl (C=O) groups excluding carboxylic acids is 3. The highest BCUT2D eigenvalue weighted by molar-refractivity contribution is 6.52. The van der Waals surface area contributed by atoms with Crippen LogP contribution in [-0.4, -0.2) is 24.5 Å². The molecule has 0 radical (unpaired) electrons. The van der Waals surface area contributed by atoms with Crippen LogP contribution in [0.2, 0.25) is 0 Å². The molecule has 1 aromatic rings. The van der Waals surface area contributed by atoms with Gasteiger partial charge in [-0.05, 0) is 25.0 Å². The molecule has 2 rings (SSSR count). The Balaban J connectivity index is 2.55. The van der Waals surface area contributed by atoms with Crippen LogP contribution in [0.25, 0.3) is 0 Å². The van der Waals surface area contributed by atoms with Crippen LogP contribution in [0.4, 0.5) is 5.69 Å². The highest BCUT2D eigenvalue weighted by atomic mass is 16.2. The van der Waals surface area contributed by atoms with E-state index in [0.29, 0.717) is 11.3 Å². The summed E-state index contributed by atoms with van der Waals surface area (Å²) in [5.41, 5.74) is 2.84. The summed E-state index contributed by atoms with van der Waals surface area (Å²) in [4.78, 5) is 35.5. The van der Waals surface area contributed by atoms with E-state index < -0.39 is 11.7 Å². The molecule has 1 aromatic carbocycles. The van der Waals surface area contributed by atoms with Crippen molar-refractivity contribution in [1.29, 1.82) is 0 Å². The lowest BCUT2D eigenvalue weighted by Crippen LogP contribution is -2.31. The van der Waals surface area contributed by atoms with Gasteiger partial charge in [0.25, 0.3) is 11.7 Å². The summed E-state index contributed by atoms with van der Waals surface area (Å²) in [7, 11) is 0. The fraction of sp³-hybridized carbons (Fsp3) is 0.308. The zero-order valence-corrected chi connectivity index (χ0v) is 9.82. The first kappa shape index (κ1) is 11.5. The highest BCUT2D eigenvalue weighted by Gasteiger charge is 2.37. The van der Waals surface area contributed by atoms with Gasteiger partial charge >= 0.3 is 0 Å². The van der Waals surface area contributed by atoms with Crippen molar-refractivity contribution in [2.45, 2.75) is 20.3 Å². The molecular weight excluding hydrogens is 218 g/mol. The van der Waals surface area contributed by atoms with Gasteiger partial charge in [0.15, 0.2) is 0 Å². The van der Waals surface area contributed by atoms with Crippen LogP contribution >= 0.6 is 0 Å². The predicted octanol–water partition coefficient (Wildman–Crippen LogP) is 1.42. The number of benzene rings is 1. The molecule has 0 N–H and O–H groups in total. The van der Waals surface area contributed by atoms with Crippen molar-refractivity contribution in [3.05, 3.63) is 28.8 Å². The Kier molecular flexibility index (Phi) is 2.79. The average Bonchev–Trinajstić information content (AvgIpc) is 2.56. The van der Waals surface area contributed by atoms with Crippen LogP contribution in [-0.2, 0) is 9.59 Å². The van der Waals surface area contributed by atoms with Gasteiger partial charge in [0, 0.05) is 13.0 Å². The number of aryl methyl sites for hydroxylation is 2. The number of anilines is 1. The molecule has 0 aliphatic carbocycles. The lowest BCUT2D eigenvalue weighted by Gasteiger charge is -2.17. The smallest absolute Gasteiger partial charge is 0.299 e. The van der Waals surface area contributed by atoms with Gasteiger partial charge < -0.3 is 9.69 Å². The Morgan fingerprint density at radius 3 is 2.47 bits per heavy atom. The second kappa shape index (κ2) is 4.13. The van der Waals surface area contributed by atoms with E-state index in [1.165, 1.54) is 4.90 Å². The molecular formula is C13H13NO3. The number of rotatable bonds is 3. The van der Waals surface area contributed by atoms with E-state index in [0.717, 1.165) is 17.4 Å². The molecule has 4 heteroatoms. The minimum Gasteiger partial charge on any atom is -0.304 e. The number of amides is 1. The van der Waals surface area contributed by atoms with Crippen molar-refractivity contribution >= 4 is 23.7 Å². The number of fused-ring (bicyclic) bond motifs is 1. The monoisotopic (exact) mass is 231 g/mol. The van der Waals surface area contributed by atoms with Crippen LogP contribution in [0.3, 0.4) is 0 Å². The summed E-state index contributed by atoms with van der Waals surface area (Å²) in [6.45, 7) is 3.94. The number of ketones is 1. The normalized spacial score (nSPS) is 14.1. The lowest BCUT2D eigenvalue weighted by molar-refractivity contribution is -0.114. The van der Waals surface area contributed by atoms with Gasteiger partial charge in [0.05, 0.1) is 11.3 Å². The van der Waals surface area contributed by atoms with E-state index in [1.807, 2.05) is 26.0 Å². The molecule has 0 saturated carbocycles. The van der Waals surface area contributed by atoms with Crippen molar-refractivity contribution in [3.8, 4) is 0 Å². The molecule has 88 valence electrons. The second-order valence-corrected chi connectivity index (χ2v) is 4.16. The quantitative estimate of drug-likeness (QED) is 0.584. The van der Waals surface area contributed by atoms with Crippen molar-refractivity contribution in [3.63, 3.8) is 0 Å². The average molecular weight is 231 g/mol. The van der Waals surface area contributed by atoms with Crippen LogP contribution < -0.4 is 4.90 Å². The first-order valence-electron chi connectivity index (χ1n) is 5.48. The molecule has 0 unspecified atom stereocenters. The van der Waals surface area contributed by atoms with Crippen molar-refractivity contribution in [2.24, 2.45) is 0 Å². The molecule has 0 fully saturated rings. The summed E-state index contributed by atoms with van der Waals surface area (Å²) < 4.78 is 0. The van der Waals surface area contributed by atoms with Gasteiger partial charge in [-0.15, -0.1) is 0 Å². The molecule has 0 atom stereocenters. The van der Waals surface area contributed by atoms with Crippen LogP contribution in [0.1, 0.15) is 27.9 Å². The van der Waals surface area contributed by atoms with Gasteiger partial charge in [-0.1, -0.05) is 12.1 Å². The third kappa shape index (κ3) is 1.65. The van der Waals surface area contributed by atoms with Crippen LogP contribution in [0, 0.1) is 13.8 Å². The van der Waals surface area contributed by atoms with E-state index in [4.69, 9.17) is 0 Å². The summed E-state index contributed by atoms with van der Waals surface area (Å²) in [6, 6.07) is 3.72. The number of nitrogens with zero attached hydrogens (tertiary/aromatic N) is 1. The van der Waals surface area contributed by atoms with Crippen molar-refractivity contribution < 1.29 is 14.4 Å². The molecule has 1 aliphatic heterocycles. The number of hydrogen-bond donors (Lipinski definition) is 0. The molecule has 1 amide bonds. The van der Waals surface area contributed by atoms with Gasteiger partial charge in [-0.25, -0.2) is 0 Å². The van der Waals surface area contributed by atoms with Gasteiger partial charge in [0.1, 0.15) is 6.29 Å². The Morgan fingerprint density at radius 1 is 1.18 bits per heavy atom. The zero-order chi connectivity index (χ0) is 12.6. The molecule has 0 spiro atoms. The zero-order valence-electron chi connectivity index (χ0n) is 9.82. The third-order valence-electron chi connectivity index (χ3n) is 2.99. The standard InChI is InChI=1S/C13H13NO3/c1-8-4-5-9(2)11-10(8)12(16)13(17)14(11)6-3-7-15/h4-5,7H,3,6H2,1-2H3. The number of carbonyl (C=O) groups is 3. The van der Waals surface area contributed by atoms with Crippen LogP contribution in [0.5, 0.6) is 0 Å². The van der Waals surface area contributed by atoms with Crippen molar-refractivity contribution in [2.75, 3.05) is 11.4 Å². The van der Waals surface area contributed by atoms with Gasteiger partial charge in [-0.2, -0.15) is 0 Å². The summed E-state index contributed by atoms with van der Waals surface area (Å²) in [5.74, 6) is -0.994. The maximum atomic E-state index is 11.9. The lowest BCUT2D eigenvalue weighted by atomic mass is 10.0. The molecule has 0 aromatic heterocycles. The number of Topliss-reactive ketones (excluding diaryl/α,β-unsaturated/α-hetero) is 1. The summed E-state index contributed by atoms with van der Waals surface area (Å²) in [6.07, 6.45) is 0.993. The predicted molar refractivity (Wildman–Crippen MR) is 63.3 cm³/mol. The summed E-state index contributed by atoms with van der Waals surface area (Å²) in [5, 5.41) is 0. The molecule has 17 heavy (non-hydrogen) atoms. The minimum absolute atomic E-state index is 0.242. The first-order chi connectivity index (χ1) is 8.07. The van der Waals surface area contributed by atoms with Crippen molar-refractivity contribution in [1.82, 2.24) is 0 Å². The fourth-order valence-corrected chi connectivity index (χ4v) is 2.16. The number of aldehydes is 1. The van der Waals surface area contributed by atoms with E-state index in [-0.39, 0.29) is 13.0 Å². The molecule has 0 saturated heterocycles. The first-order valence-corrected chi connectivity index (χ1v) is 5.48. The highest BCUT2D eigenvalue weighted by Crippen LogP contribution is 2.34. The second-order valence-electron chi connectivity index (χ2n) is 4.16. The summed E-state index contributed by atoms with van der Waals surface area (Å²) >= 11 is 0. The SMILES string of the molecule is Cc1ccc(C)c2c1C(=O)C(=O)N2CCC=O. The van der Waals surface area contributed by atoms with E-state index >= 15 is 0 Å². The Labute approximate surface area is 99.2 Å². The Bertz CT molecular complexity index is 520. The van der Waals surface area contributed by atoms with E-state index in [1.54, 1.807) is 0 Å². The number of hydrogen-bond acceptors (Lipinski definition) is 3. The van der Waals surface area contributed by atoms with E-state index in [9.17, 15) is 14.4 Å². The third-order valence-corrected chi connectivity index (χ3v) is 2.99. The molecule has 1 heterocycles. The van der Waals surface area contributed by atoms with Gasteiger partial charge in [-0.3, -0.25) is 9.59 Å². The van der Waals surface area contributed by atoms with Gasteiger partial charge in [0.2, 0.25) is 0 Å². The Morgan fingerprint density at radius 2 is 1.82 bits per heavy atom. The fourth-order valence-electron chi connectivity index (χ4n) is 2.16. The van der Waals surface area contributed by atoms with Crippen LogP contribution in [0.15, 0.2) is 12.1 Å². The maximum Gasteiger partial charge on any atom is 0.299 e. The van der Waals surface area contributed by atoms with E-state index in [2.05, 4.69) is 0 Å². The topological polar surface area (TPSA) is 54.5 Å². The molecule has 0 bridgehead atoms. The molecule has 4 nitrogen and oxygen atoms in total. The largest absolute Gasteiger partial charge is 0.304 e. The molecule has 1 aliphatic rings.